The highest BCUT2D eigenvalue weighted by Gasteiger charge is 2.22. The van der Waals surface area contributed by atoms with Crippen LogP contribution in [0.1, 0.15) is 19.4 Å². The number of benzene rings is 1. The minimum absolute atomic E-state index is 0.150. The molecule has 0 radical (unpaired) electrons. The van der Waals surface area contributed by atoms with Crippen molar-refractivity contribution >= 4 is 18.0 Å². The molecule has 1 aromatic rings. The summed E-state index contributed by atoms with van der Waals surface area (Å²) in [6.45, 7) is 4.00. The van der Waals surface area contributed by atoms with Crippen LogP contribution in [-0.4, -0.2) is 17.0 Å². The summed E-state index contributed by atoms with van der Waals surface area (Å²) in [5, 5.41) is 13.5. The third-order valence-corrected chi connectivity index (χ3v) is 1.92. The van der Waals surface area contributed by atoms with Gasteiger partial charge in [-0.2, -0.15) is 0 Å². The lowest BCUT2D eigenvalue weighted by molar-refractivity contribution is -0.115. The van der Waals surface area contributed by atoms with E-state index in [2.05, 4.69) is 10.6 Å². The highest BCUT2D eigenvalue weighted by molar-refractivity contribution is 6.13. The van der Waals surface area contributed by atoms with Gasteiger partial charge in [-0.3, -0.25) is 10.1 Å². The Bertz CT molecular complexity index is 449. The van der Waals surface area contributed by atoms with Gasteiger partial charge in [0.25, 0.3) is 5.91 Å². The van der Waals surface area contributed by atoms with Gasteiger partial charge in [0.15, 0.2) is 0 Å². The van der Waals surface area contributed by atoms with Gasteiger partial charge in [0.05, 0.1) is 0 Å². The molecular formula is C12H14N2O3. The number of imide groups is 1. The summed E-state index contributed by atoms with van der Waals surface area (Å²) in [4.78, 5) is 21.9. The largest absolute Gasteiger partial charge is 0.508 e. The smallest absolute Gasteiger partial charge is 0.326 e. The first kappa shape index (κ1) is 12.8. The molecule has 1 aliphatic rings. The molecule has 5 heteroatoms. The zero-order valence-corrected chi connectivity index (χ0v) is 9.65. The molecule has 0 aliphatic carbocycles. The van der Waals surface area contributed by atoms with Gasteiger partial charge < -0.3 is 10.4 Å². The molecule has 0 saturated carbocycles. The van der Waals surface area contributed by atoms with Gasteiger partial charge in [-0.25, -0.2) is 4.79 Å². The maximum absolute atomic E-state index is 11.1. The fourth-order valence-electron chi connectivity index (χ4n) is 1.22. The normalized spacial score (nSPS) is 16.0. The molecule has 3 N–H and O–H groups in total. The molecule has 1 heterocycles. The number of urea groups is 1. The summed E-state index contributed by atoms with van der Waals surface area (Å²) in [5.74, 6) is -0.301. The van der Waals surface area contributed by atoms with E-state index in [0.29, 0.717) is 0 Å². The average molecular weight is 234 g/mol. The molecular weight excluding hydrogens is 220 g/mol. The van der Waals surface area contributed by atoms with Gasteiger partial charge >= 0.3 is 6.03 Å². The van der Waals surface area contributed by atoms with Crippen LogP contribution in [0.3, 0.4) is 0 Å². The van der Waals surface area contributed by atoms with E-state index < -0.39 is 11.9 Å². The molecule has 0 aromatic heterocycles. The molecule has 1 fully saturated rings. The molecule has 3 amide bonds. The summed E-state index contributed by atoms with van der Waals surface area (Å²) in [6.07, 6.45) is 1.53. The molecule has 90 valence electrons. The molecule has 0 spiro atoms. The van der Waals surface area contributed by atoms with Crippen LogP contribution < -0.4 is 10.6 Å². The van der Waals surface area contributed by atoms with Crippen LogP contribution in [-0.2, 0) is 4.79 Å². The summed E-state index contributed by atoms with van der Waals surface area (Å²) in [5.41, 5.74) is 0.922. The zero-order chi connectivity index (χ0) is 12.8. The van der Waals surface area contributed by atoms with Crippen LogP contribution in [0.5, 0.6) is 5.75 Å². The summed E-state index contributed by atoms with van der Waals surface area (Å²) < 4.78 is 0. The van der Waals surface area contributed by atoms with E-state index in [1.54, 1.807) is 12.1 Å². The number of phenols is 1. The lowest BCUT2D eigenvalue weighted by atomic mass is 10.2. The van der Waals surface area contributed by atoms with Gasteiger partial charge in [0, 0.05) is 0 Å². The van der Waals surface area contributed by atoms with Crippen molar-refractivity contribution in [3.63, 3.8) is 0 Å². The second-order valence-corrected chi connectivity index (χ2v) is 3.06. The topological polar surface area (TPSA) is 78.4 Å². The fourth-order valence-corrected chi connectivity index (χ4v) is 1.22. The molecule has 2 rings (SSSR count). The SMILES string of the molecule is CC.O=C1NC(=O)/C(=C/c2ccc(O)cc2)N1. The van der Waals surface area contributed by atoms with E-state index in [-0.39, 0.29) is 11.4 Å². The van der Waals surface area contributed by atoms with Gasteiger partial charge in [0.1, 0.15) is 11.4 Å². The maximum Gasteiger partial charge on any atom is 0.326 e. The van der Waals surface area contributed by atoms with Crippen molar-refractivity contribution in [1.29, 1.82) is 0 Å². The van der Waals surface area contributed by atoms with Crippen LogP contribution in [0, 0.1) is 0 Å². The Morgan fingerprint density at radius 3 is 2.12 bits per heavy atom. The molecule has 1 saturated heterocycles. The third kappa shape index (κ3) is 3.34. The van der Waals surface area contributed by atoms with E-state index in [9.17, 15) is 9.59 Å². The lowest BCUT2D eigenvalue weighted by Gasteiger charge is -1.96. The summed E-state index contributed by atoms with van der Waals surface area (Å²) >= 11 is 0. The number of amides is 3. The average Bonchev–Trinajstić information content (AvgIpc) is 2.63. The second-order valence-electron chi connectivity index (χ2n) is 3.06. The highest BCUT2D eigenvalue weighted by atomic mass is 16.3. The highest BCUT2D eigenvalue weighted by Crippen LogP contribution is 2.12. The van der Waals surface area contributed by atoms with E-state index >= 15 is 0 Å². The van der Waals surface area contributed by atoms with Crippen LogP contribution in [0.25, 0.3) is 6.08 Å². The molecule has 0 unspecified atom stereocenters. The number of hydrogen-bond donors (Lipinski definition) is 3. The van der Waals surface area contributed by atoms with Gasteiger partial charge in [0.2, 0.25) is 0 Å². The number of rotatable bonds is 1. The zero-order valence-electron chi connectivity index (χ0n) is 9.65. The van der Waals surface area contributed by atoms with Gasteiger partial charge in [-0.05, 0) is 23.8 Å². The lowest BCUT2D eigenvalue weighted by Crippen LogP contribution is -2.22. The van der Waals surface area contributed by atoms with Crippen LogP contribution >= 0.6 is 0 Å². The first-order valence-corrected chi connectivity index (χ1v) is 5.28. The van der Waals surface area contributed by atoms with Crippen molar-refractivity contribution in [3.05, 3.63) is 35.5 Å². The molecule has 17 heavy (non-hydrogen) atoms. The van der Waals surface area contributed by atoms with Gasteiger partial charge in [-0.15, -0.1) is 0 Å². The van der Waals surface area contributed by atoms with Crippen molar-refractivity contribution in [2.75, 3.05) is 0 Å². The molecule has 5 nitrogen and oxygen atoms in total. The van der Waals surface area contributed by atoms with E-state index in [4.69, 9.17) is 5.11 Å². The Balaban J connectivity index is 0.000000686. The minimum Gasteiger partial charge on any atom is -0.508 e. The molecule has 1 aliphatic heterocycles. The number of carbonyl (C=O) groups is 2. The van der Waals surface area contributed by atoms with E-state index in [1.807, 2.05) is 13.8 Å². The number of nitrogens with one attached hydrogen (secondary N) is 2. The van der Waals surface area contributed by atoms with Crippen molar-refractivity contribution in [2.45, 2.75) is 13.8 Å². The van der Waals surface area contributed by atoms with E-state index in [0.717, 1.165) is 5.56 Å². The predicted molar refractivity (Wildman–Crippen MR) is 64.1 cm³/mol. The Hall–Kier alpha value is -2.30. The number of aromatic hydroxyl groups is 1. The molecule has 0 atom stereocenters. The number of hydrogen-bond acceptors (Lipinski definition) is 3. The van der Waals surface area contributed by atoms with Crippen molar-refractivity contribution in [3.8, 4) is 5.75 Å². The Morgan fingerprint density at radius 1 is 1.06 bits per heavy atom. The van der Waals surface area contributed by atoms with E-state index in [1.165, 1.54) is 18.2 Å². The standard InChI is InChI=1S/C10H8N2O3.C2H6/c13-7-3-1-6(2-4-7)5-8-9(14)12-10(15)11-8;1-2/h1-5,13H,(H2,11,12,14,15);1-2H3/b8-5-;. The number of carbonyl (C=O) groups excluding carboxylic acids is 2. The third-order valence-electron chi connectivity index (χ3n) is 1.92. The quantitative estimate of drug-likeness (QED) is 0.510. The van der Waals surface area contributed by atoms with Crippen LogP contribution in [0.15, 0.2) is 30.0 Å². The Labute approximate surface area is 99.1 Å². The predicted octanol–water partition coefficient (Wildman–Crippen LogP) is 1.60. The molecule has 0 bridgehead atoms. The summed E-state index contributed by atoms with van der Waals surface area (Å²) in [6, 6.07) is 5.76. The first-order chi connectivity index (χ1) is 8.15. The summed E-state index contributed by atoms with van der Waals surface area (Å²) in [7, 11) is 0. The van der Waals surface area contributed by atoms with Gasteiger partial charge in [-0.1, -0.05) is 26.0 Å². The monoisotopic (exact) mass is 234 g/mol. The fraction of sp³-hybridized carbons (Fsp3) is 0.167. The minimum atomic E-state index is -0.523. The van der Waals surface area contributed by atoms with Crippen molar-refractivity contribution < 1.29 is 14.7 Å². The molecule has 1 aromatic carbocycles. The van der Waals surface area contributed by atoms with Crippen LogP contribution in [0.4, 0.5) is 4.79 Å². The van der Waals surface area contributed by atoms with Crippen LogP contribution in [0.2, 0.25) is 0 Å². The number of phenolic OH excluding ortho intramolecular Hbond substituents is 1. The van der Waals surface area contributed by atoms with Crippen molar-refractivity contribution in [2.24, 2.45) is 0 Å². The second kappa shape index (κ2) is 5.69. The Morgan fingerprint density at radius 2 is 1.65 bits per heavy atom. The van der Waals surface area contributed by atoms with Crippen molar-refractivity contribution in [1.82, 2.24) is 10.6 Å². The first-order valence-electron chi connectivity index (χ1n) is 5.28. The maximum atomic E-state index is 11.1. The Kier molecular flexibility index (Phi) is 4.28.